The molecule has 0 amide bonds. The van der Waals surface area contributed by atoms with Crippen molar-refractivity contribution < 1.29 is 4.74 Å². The van der Waals surface area contributed by atoms with Crippen molar-refractivity contribution in [1.29, 1.82) is 0 Å². The summed E-state index contributed by atoms with van der Waals surface area (Å²) in [5.74, 6) is 1.28. The average Bonchev–Trinajstić information content (AvgIpc) is 3.22. The summed E-state index contributed by atoms with van der Waals surface area (Å²) in [7, 11) is 1.67. The second kappa shape index (κ2) is 9.07. The van der Waals surface area contributed by atoms with Crippen LogP contribution < -0.4 is 19.6 Å². The van der Waals surface area contributed by atoms with Crippen LogP contribution >= 0.6 is 11.3 Å². The van der Waals surface area contributed by atoms with Crippen molar-refractivity contribution in [3.63, 3.8) is 0 Å². The first-order valence-electron chi connectivity index (χ1n) is 12.4. The Hall–Kier alpha value is -3.70. The predicted octanol–water partition coefficient (Wildman–Crippen LogP) is 5.45. The first kappa shape index (κ1) is 22.7. The zero-order valence-electron chi connectivity index (χ0n) is 20.7. The van der Waals surface area contributed by atoms with Crippen LogP contribution in [0.25, 0.3) is 11.8 Å². The lowest BCUT2D eigenvalue weighted by atomic mass is 9.83. The molecule has 0 spiro atoms. The van der Waals surface area contributed by atoms with E-state index in [1.165, 1.54) is 33.6 Å². The van der Waals surface area contributed by atoms with E-state index in [4.69, 9.17) is 9.73 Å². The molecule has 5 heteroatoms. The SMILES string of the molecule is COc1ccc(C2C3=C(N=c4sc(=Cc5ccc(C(C)C)cc5)c(=O)n42)c2ccccc2CC3)cc1. The third-order valence-electron chi connectivity index (χ3n) is 7.21. The van der Waals surface area contributed by atoms with Crippen LogP contribution in [0, 0.1) is 0 Å². The quantitative estimate of drug-likeness (QED) is 0.380. The minimum atomic E-state index is -0.180. The number of aryl methyl sites for hydroxylation is 1. The van der Waals surface area contributed by atoms with Gasteiger partial charge in [-0.2, -0.15) is 0 Å². The van der Waals surface area contributed by atoms with E-state index < -0.39 is 0 Å². The van der Waals surface area contributed by atoms with Gasteiger partial charge < -0.3 is 4.74 Å². The summed E-state index contributed by atoms with van der Waals surface area (Å²) in [6.45, 7) is 4.37. The lowest BCUT2D eigenvalue weighted by Gasteiger charge is -2.30. The summed E-state index contributed by atoms with van der Waals surface area (Å²) in [6.07, 6.45) is 3.83. The highest BCUT2D eigenvalue weighted by Crippen LogP contribution is 2.41. The van der Waals surface area contributed by atoms with Gasteiger partial charge in [-0.1, -0.05) is 85.8 Å². The van der Waals surface area contributed by atoms with E-state index in [1.54, 1.807) is 7.11 Å². The lowest BCUT2D eigenvalue weighted by molar-refractivity contribution is 0.414. The molecule has 0 saturated carbocycles. The van der Waals surface area contributed by atoms with Crippen LogP contribution in [0.15, 0.2) is 88.2 Å². The monoisotopic (exact) mass is 492 g/mol. The Labute approximate surface area is 214 Å². The average molecular weight is 493 g/mol. The molecular formula is C31H28N2O2S. The van der Waals surface area contributed by atoms with Gasteiger partial charge in [0.1, 0.15) is 5.75 Å². The highest BCUT2D eigenvalue weighted by atomic mass is 32.1. The molecule has 4 aromatic rings. The number of ether oxygens (including phenoxy) is 1. The Balaban J connectivity index is 1.56. The molecule has 1 aromatic heterocycles. The minimum absolute atomic E-state index is 0.0120. The molecule has 1 aliphatic carbocycles. The number of methoxy groups -OCH3 is 1. The van der Waals surface area contributed by atoms with Crippen molar-refractivity contribution in [1.82, 2.24) is 4.57 Å². The molecule has 2 heterocycles. The van der Waals surface area contributed by atoms with Gasteiger partial charge in [0.15, 0.2) is 4.80 Å². The molecule has 6 rings (SSSR count). The molecule has 0 bridgehead atoms. The zero-order valence-corrected chi connectivity index (χ0v) is 21.5. The molecule has 0 fully saturated rings. The molecule has 3 aromatic carbocycles. The van der Waals surface area contributed by atoms with Crippen molar-refractivity contribution in [2.75, 3.05) is 7.11 Å². The summed E-state index contributed by atoms with van der Waals surface area (Å²) in [6, 6.07) is 24.9. The third kappa shape index (κ3) is 3.84. The van der Waals surface area contributed by atoms with E-state index in [0.29, 0.717) is 10.5 Å². The Kier molecular flexibility index (Phi) is 5.73. The Morgan fingerprint density at radius 2 is 1.75 bits per heavy atom. The van der Waals surface area contributed by atoms with Gasteiger partial charge in [-0.05, 0) is 64.8 Å². The van der Waals surface area contributed by atoms with Gasteiger partial charge in [0.05, 0.1) is 23.4 Å². The summed E-state index contributed by atoms with van der Waals surface area (Å²) in [5, 5.41) is 0. The van der Waals surface area contributed by atoms with Crippen molar-refractivity contribution in [3.05, 3.63) is 126 Å². The highest BCUT2D eigenvalue weighted by Gasteiger charge is 2.32. The number of allylic oxidation sites excluding steroid dienone is 1. The van der Waals surface area contributed by atoms with Crippen LogP contribution in [-0.4, -0.2) is 11.7 Å². The van der Waals surface area contributed by atoms with Gasteiger partial charge in [-0.3, -0.25) is 9.36 Å². The zero-order chi connectivity index (χ0) is 24.8. The number of hydrogen-bond acceptors (Lipinski definition) is 4. The van der Waals surface area contributed by atoms with Crippen LogP contribution in [0.2, 0.25) is 0 Å². The van der Waals surface area contributed by atoms with E-state index in [0.717, 1.165) is 40.2 Å². The summed E-state index contributed by atoms with van der Waals surface area (Å²) >= 11 is 1.47. The van der Waals surface area contributed by atoms with Crippen LogP contribution in [-0.2, 0) is 6.42 Å². The minimum Gasteiger partial charge on any atom is -0.497 e. The van der Waals surface area contributed by atoms with E-state index in [9.17, 15) is 4.79 Å². The van der Waals surface area contributed by atoms with E-state index in [-0.39, 0.29) is 11.6 Å². The Morgan fingerprint density at radius 3 is 2.47 bits per heavy atom. The number of nitrogens with zero attached hydrogens (tertiary/aromatic N) is 2. The largest absolute Gasteiger partial charge is 0.497 e. The maximum Gasteiger partial charge on any atom is 0.271 e. The molecule has 0 saturated heterocycles. The standard InChI is InChI=1S/C31H28N2O2S/c1-19(2)21-10-8-20(9-11-21)18-27-30(34)33-29(23-12-15-24(35-3)16-13-23)26-17-14-22-6-4-5-7-25(22)28(26)32-31(33)36-27/h4-13,15-16,18-19,29H,14,17H2,1-3H3. The fourth-order valence-electron chi connectivity index (χ4n) is 5.24. The maximum absolute atomic E-state index is 13.9. The number of benzene rings is 3. The van der Waals surface area contributed by atoms with Crippen LogP contribution in [0.5, 0.6) is 5.75 Å². The normalized spacial score (nSPS) is 16.9. The summed E-state index contributed by atoms with van der Waals surface area (Å²) in [4.78, 5) is 19.7. The molecule has 0 radical (unpaired) electrons. The number of rotatable bonds is 4. The fourth-order valence-corrected chi connectivity index (χ4v) is 6.24. The molecule has 1 aliphatic heterocycles. The van der Waals surface area contributed by atoms with Crippen molar-refractivity contribution in [3.8, 4) is 5.75 Å². The van der Waals surface area contributed by atoms with Gasteiger partial charge >= 0.3 is 0 Å². The molecule has 36 heavy (non-hydrogen) atoms. The molecule has 1 unspecified atom stereocenters. The van der Waals surface area contributed by atoms with Crippen LogP contribution in [0.4, 0.5) is 0 Å². The van der Waals surface area contributed by atoms with Gasteiger partial charge in [0.25, 0.3) is 5.56 Å². The Bertz CT molecular complexity index is 1660. The fraction of sp³-hybridized carbons (Fsp3) is 0.226. The summed E-state index contributed by atoms with van der Waals surface area (Å²) < 4.78 is 8.00. The van der Waals surface area contributed by atoms with Gasteiger partial charge in [-0.15, -0.1) is 0 Å². The van der Waals surface area contributed by atoms with Crippen LogP contribution in [0.1, 0.15) is 60.0 Å². The van der Waals surface area contributed by atoms with Crippen LogP contribution in [0.3, 0.4) is 0 Å². The first-order chi connectivity index (χ1) is 17.5. The second-order valence-corrected chi connectivity index (χ2v) is 10.7. The number of aromatic nitrogens is 1. The van der Waals surface area contributed by atoms with Crippen molar-refractivity contribution in [2.45, 2.75) is 38.6 Å². The third-order valence-corrected chi connectivity index (χ3v) is 8.19. The van der Waals surface area contributed by atoms with E-state index in [1.807, 2.05) is 22.8 Å². The molecule has 1 atom stereocenters. The molecule has 4 nitrogen and oxygen atoms in total. The van der Waals surface area contributed by atoms with Crippen molar-refractivity contribution in [2.24, 2.45) is 4.99 Å². The van der Waals surface area contributed by atoms with Crippen molar-refractivity contribution >= 4 is 23.1 Å². The topological polar surface area (TPSA) is 43.6 Å². The first-order valence-corrected chi connectivity index (χ1v) is 13.2. The summed E-state index contributed by atoms with van der Waals surface area (Å²) in [5.41, 5.74) is 8.13. The Morgan fingerprint density at radius 1 is 1.00 bits per heavy atom. The van der Waals surface area contributed by atoms with Gasteiger partial charge in [0.2, 0.25) is 0 Å². The molecular weight excluding hydrogens is 464 g/mol. The number of fused-ring (bicyclic) bond motifs is 3. The van der Waals surface area contributed by atoms with Gasteiger partial charge in [0, 0.05) is 5.56 Å². The maximum atomic E-state index is 13.9. The molecule has 2 aliphatic rings. The molecule has 0 N–H and O–H groups in total. The number of hydrogen-bond donors (Lipinski definition) is 0. The van der Waals surface area contributed by atoms with E-state index in [2.05, 4.69) is 74.5 Å². The highest BCUT2D eigenvalue weighted by molar-refractivity contribution is 7.07. The van der Waals surface area contributed by atoms with E-state index >= 15 is 0 Å². The van der Waals surface area contributed by atoms with Gasteiger partial charge in [-0.25, -0.2) is 4.99 Å². The smallest absolute Gasteiger partial charge is 0.271 e. The second-order valence-electron chi connectivity index (χ2n) is 9.71. The lowest BCUT2D eigenvalue weighted by Crippen LogP contribution is -2.38. The predicted molar refractivity (Wildman–Crippen MR) is 146 cm³/mol. The number of thiazole rings is 1. The molecule has 180 valence electrons.